The summed E-state index contributed by atoms with van der Waals surface area (Å²) in [5, 5.41) is 13.0. The van der Waals surface area contributed by atoms with Crippen molar-refractivity contribution in [3.63, 3.8) is 0 Å². The van der Waals surface area contributed by atoms with Crippen molar-refractivity contribution in [3.05, 3.63) is 130 Å². The second-order valence-corrected chi connectivity index (χ2v) is 11.6. The number of azide groups is 1. The predicted octanol–water partition coefficient (Wildman–Crippen LogP) is 6.59. The van der Waals surface area contributed by atoms with Gasteiger partial charge in [-0.15, -0.1) is 0 Å². The molecule has 46 heavy (non-hydrogen) atoms. The Morgan fingerprint density at radius 1 is 0.957 bits per heavy atom. The van der Waals surface area contributed by atoms with Gasteiger partial charge in [0.2, 0.25) is 5.90 Å². The van der Waals surface area contributed by atoms with Gasteiger partial charge in [0.15, 0.2) is 11.6 Å². The summed E-state index contributed by atoms with van der Waals surface area (Å²) in [7, 11) is 0. The van der Waals surface area contributed by atoms with Crippen molar-refractivity contribution in [2.75, 3.05) is 19.8 Å². The molecule has 3 N–H and O–H groups in total. The van der Waals surface area contributed by atoms with Gasteiger partial charge in [0, 0.05) is 42.2 Å². The minimum atomic E-state index is -1.45. The number of hydrazine groups is 1. The maximum Gasteiger partial charge on any atom is 0.266 e. The summed E-state index contributed by atoms with van der Waals surface area (Å²) in [6, 6.07) is 32.6. The van der Waals surface area contributed by atoms with Crippen LogP contribution in [0, 0.1) is 5.92 Å². The van der Waals surface area contributed by atoms with Crippen molar-refractivity contribution in [1.29, 1.82) is 0 Å². The molecule has 0 bridgehead atoms. The van der Waals surface area contributed by atoms with Gasteiger partial charge in [-0.25, -0.2) is 10.4 Å². The number of ether oxygens (including phenoxy) is 2. The molecule has 1 amide bonds. The highest BCUT2D eigenvalue weighted by Crippen LogP contribution is 2.44. The summed E-state index contributed by atoms with van der Waals surface area (Å²) in [4.78, 5) is 22.5. The van der Waals surface area contributed by atoms with Crippen LogP contribution in [0.1, 0.15) is 42.1 Å². The zero-order chi connectivity index (χ0) is 31.8. The lowest BCUT2D eigenvalue weighted by molar-refractivity contribution is -0.130. The molecule has 234 valence electrons. The third-order valence-electron chi connectivity index (χ3n) is 8.24. The molecule has 4 aromatic rings. The summed E-state index contributed by atoms with van der Waals surface area (Å²) in [6.45, 7) is 1.12. The fourth-order valence-electron chi connectivity index (χ4n) is 5.57. The van der Waals surface area contributed by atoms with Crippen molar-refractivity contribution in [3.8, 4) is 16.9 Å². The Balaban J connectivity index is 1.41. The molecule has 4 aromatic carbocycles. The molecule has 1 fully saturated rings. The molecule has 0 aromatic heterocycles. The molecule has 1 aliphatic carbocycles. The third kappa shape index (κ3) is 7.05. The number of nitrogens with zero attached hydrogens (tertiary/aromatic N) is 4. The van der Waals surface area contributed by atoms with Gasteiger partial charge < -0.3 is 14.6 Å². The second kappa shape index (κ2) is 14.3. The Morgan fingerprint density at radius 2 is 1.65 bits per heavy atom. The molecule has 2 aliphatic rings. The van der Waals surface area contributed by atoms with E-state index in [-0.39, 0.29) is 18.9 Å². The van der Waals surface area contributed by atoms with Gasteiger partial charge in [-0.3, -0.25) is 10.2 Å². The molecular formula is C36H36N6O4. The fourth-order valence-corrected chi connectivity index (χ4v) is 5.57. The van der Waals surface area contributed by atoms with Gasteiger partial charge in [-0.05, 0) is 70.8 Å². The molecule has 10 heteroatoms. The highest BCUT2D eigenvalue weighted by Gasteiger charge is 2.53. The maximum absolute atomic E-state index is 14.4. The first-order valence-corrected chi connectivity index (χ1v) is 15.5. The minimum absolute atomic E-state index is 0.0545. The number of benzene rings is 4. The van der Waals surface area contributed by atoms with E-state index in [9.17, 15) is 10.3 Å². The Morgan fingerprint density at radius 3 is 2.37 bits per heavy atom. The summed E-state index contributed by atoms with van der Waals surface area (Å²) >= 11 is 0. The first-order valence-electron chi connectivity index (χ1n) is 15.5. The summed E-state index contributed by atoms with van der Waals surface area (Å²) in [5.74, 6) is 1.17. The Bertz CT molecular complexity index is 1720. The van der Waals surface area contributed by atoms with Gasteiger partial charge in [0.05, 0.1) is 6.61 Å². The van der Waals surface area contributed by atoms with E-state index in [1.807, 2.05) is 78.9 Å². The zero-order valence-corrected chi connectivity index (χ0v) is 25.4. The lowest BCUT2D eigenvalue weighted by atomic mass is 9.81. The van der Waals surface area contributed by atoms with E-state index < -0.39 is 11.6 Å². The first kappa shape index (κ1) is 30.9. The number of carbonyl (C=O) groups excluding carboxylic acids is 1. The van der Waals surface area contributed by atoms with Gasteiger partial charge in [0.25, 0.3) is 5.91 Å². The Hall–Kier alpha value is -5.15. The number of aliphatic hydroxyl groups excluding tert-OH is 1. The third-order valence-corrected chi connectivity index (χ3v) is 8.24. The number of nitrogens with one attached hydrogen (secondary N) is 2. The Kier molecular flexibility index (Phi) is 9.59. The van der Waals surface area contributed by atoms with Crippen LogP contribution in [-0.4, -0.2) is 42.2 Å². The molecule has 1 saturated carbocycles. The largest absolute Gasteiger partial charge is 0.494 e. The van der Waals surface area contributed by atoms with E-state index in [0.29, 0.717) is 54.0 Å². The molecule has 1 aliphatic heterocycles. The van der Waals surface area contributed by atoms with E-state index >= 15 is 0 Å². The average Bonchev–Trinajstić information content (AvgIpc) is 3.85. The van der Waals surface area contributed by atoms with Crippen molar-refractivity contribution >= 4 is 17.5 Å². The van der Waals surface area contributed by atoms with E-state index in [4.69, 9.17) is 19.6 Å². The van der Waals surface area contributed by atoms with Gasteiger partial charge >= 0.3 is 0 Å². The summed E-state index contributed by atoms with van der Waals surface area (Å²) < 4.78 is 12.4. The van der Waals surface area contributed by atoms with Crippen LogP contribution >= 0.6 is 0 Å². The van der Waals surface area contributed by atoms with E-state index in [2.05, 4.69) is 33.0 Å². The lowest BCUT2D eigenvalue weighted by Gasteiger charge is -2.31. The molecule has 6 rings (SSSR count). The number of aliphatic imine (C=N–C) groups is 1. The molecule has 0 radical (unpaired) electrons. The van der Waals surface area contributed by atoms with E-state index in [1.54, 1.807) is 12.1 Å². The smallest absolute Gasteiger partial charge is 0.266 e. The van der Waals surface area contributed by atoms with Crippen LogP contribution in [0.4, 0.5) is 5.69 Å². The number of carbonyl (C=O) groups is 1. The SMILES string of the molecule is [N-]=[N+]=Nc1ccccc1C[C@]1(C(=O)NNCC2CC2)N=C(c2ccc(OCCCO)cc2)O[C@H]1c1ccc(-c2ccccc2)cc1. The molecule has 10 nitrogen and oxygen atoms in total. The van der Waals surface area contributed by atoms with Crippen LogP contribution in [0.3, 0.4) is 0 Å². The number of amides is 1. The van der Waals surface area contributed by atoms with Gasteiger partial charge in [-0.2, -0.15) is 0 Å². The quantitative estimate of drug-likeness (QED) is 0.0482. The summed E-state index contributed by atoms with van der Waals surface area (Å²) in [5.41, 5.74) is 18.6. The normalized spacial score (nSPS) is 18.6. The Labute approximate surface area is 267 Å². The van der Waals surface area contributed by atoms with Crippen LogP contribution in [-0.2, 0) is 16.0 Å². The molecule has 0 saturated heterocycles. The molecule has 1 heterocycles. The predicted molar refractivity (Wildman–Crippen MR) is 176 cm³/mol. The fraction of sp³-hybridized carbons (Fsp3) is 0.278. The highest BCUT2D eigenvalue weighted by molar-refractivity contribution is 6.01. The van der Waals surface area contributed by atoms with E-state index in [0.717, 1.165) is 29.5 Å². The molecular weight excluding hydrogens is 580 g/mol. The number of hydrogen-bond donors (Lipinski definition) is 3. The van der Waals surface area contributed by atoms with Crippen molar-refractivity contribution in [1.82, 2.24) is 10.9 Å². The van der Waals surface area contributed by atoms with Crippen LogP contribution in [0.25, 0.3) is 21.6 Å². The van der Waals surface area contributed by atoms with Crippen molar-refractivity contribution in [2.24, 2.45) is 16.0 Å². The summed E-state index contributed by atoms with van der Waals surface area (Å²) in [6.07, 6.45) is 2.13. The van der Waals surface area contributed by atoms with Crippen molar-refractivity contribution < 1.29 is 19.4 Å². The highest BCUT2D eigenvalue weighted by atomic mass is 16.5. The van der Waals surface area contributed by atoms with Gasteiger partial charge in [-0.1, -0.05) is 84.0 Å². The lowest BCUT2D eigenvalue weighted by Crippen LogP contribution is -2.54. The second-order valence-electron chi connectivity index (χ2n) is 11.6. The monoisotopic (exact) mass is 616 g/mol. The van der Waals surface area contributed by atoms with Crippen LogP contribution in [0.15, 0.2) is 113 Å². The number of aliphatic hydroxyl groups is 1. The first-order chi connectivity index (χ1) is 22.6. The van der Waals surface area contributed by atoms with Gasteiger partial charge in [0.1, 0.15) is 5.75 Å². The standard InChI is InChI=1S/C36H36N6O4/c37-42-40-32-10-5-4-9-30(32)23-36(35(44)41-38-24-25-11-12-25)33(28-15-13-27(14-16-28)26-7-2-1-3-8-26)46-34(39-36)29-17-19-31(20-18-29)45-22-6-21-43/h1-5,7-10,13-20,25,33,38,43H,6,11-12,21-24H2,(H,41,44)/t33-,36-/m0/s1. The minimum Gasteiger partial charge on any atom is -0.494 e. The number of hydrogen-bond acceptors (Lipinski definition) is 7. The van der Waals surface area contributed by atoms with Crippen LogP contribution in [0.2, 0.25) is 0 Å². The van der Waals surface area contributed by atoms with Crippen LogP contribution in [0.5, 0.6) is 5.75 Å². The topological polar surface area (TPSA) is 141 Å². The van der Waals surface area contributed by atoms with E-state index in [1.165, 1.54) is 0 Å². The average molecular weight is 617 g/mol. The number of rotatable bonds is 14. The molecule has 0 unspecified atom stereocenters. The zero-order valence-electron chi connectivity index (χ0n) is 25.4. The molecule has 0 spiro atoms. The van der Waals surface area contributed by atoms with Crippen molar-refractivity contribution in [2.45, 2.75) is 37.3 Å². The van der Waals surface area contributed by atoms with Crippen LogP contribution < -0.4 is 15.6 Å². The maximum atomic E-state index is 14.4. The molecule has 2 atom stereocenters.